The average Bonchev–Trinajstić information content (AvgIpc) is 2.82. The third-order valence-electron chi connectivity index (χ3n) is 3.25. The fourth-order valence-corrected chi connectivity index (χ4v) is 1.83. The van der Waals surface area contributed by atoms with Gasteiger partial charge in [-0.05, 0) is 19.9 Å². The smallest absolute Gasteiger partial charge is 0.231 e. The van der Waals surface area contributed by atoms with E-state index >= 15 is 0 Å². The zero-order valence-corrected chi connectivity index (χ0v) is 12.5. The van der Waals surface area contributed by atoms with Crippen molar-refractivity contribution in [2.45, 2.75) is 52.5 Å². The van der Waals surface area contributed by atoms with Crippen LogP contribution in [0.3, 0.4) is 0 Å². The maximum Gasteiger partial charge on any atom is 0.231 e. The van der Waals surface area contributed by atoms with Crippen LogP contribution in [0.2, 0.25) is 0 Å². The predicted octanol–water partition coefficient (Wildman–Crippen LogP) is 2.06. The van der Waals surface area contributed by atoms with E-state index in [-0.39, 0.29) is 12.9 Å². The summed E-state index contributed by atoms with van der Waals surface area (Å²) in [6, 6.07) is 4.14. The number of hydrogen-bond acceptors (Lipinski definition) is 5. The van der Waals surface area contributed by atoms with Gasteiger partial charge in [-0.3, -0.25) is 0 Å². The van der Waals surface area contributed by atoms with Crippen LogP contribution in [-0.4, -0.2) is 30.1 Å². The third-order valence-corrected chi connectivity index (χ3v) is 3.25. The fraction of sp³-hybridized carbons (Fsp3) is 0.600. The molecule has 2 atom stereocenters. The Morgan fingerprint density at radius 3 is 2.45 bits per heavy atom. The van der Waals surface area contributed by atoms with Gasteiger partial charge in [0.05, 0.1) is 6.10 Å². The lowest BCUT2D eigenvalue weighted by atomic mass is 10.1. The normalized spacial score (nSPS) is 16.3. The van der Waals surface area contributed by atoms with Gasteiger partial charge in [-0.15, -0.1) is 0 Å². The van der Waals surface area contributed by atoms with Gasteiger partial charge in [-0.1, -0.05) is 13.8 Å². The molecule has 2 N–H and O–H groups in total. The Morgan fingerprint density at radius 1 is 1.20 bits per heavy atom. The van der Waals surface area contributed by atoms with Crippen LogP contribution < -0.4 is 19.5 Å². The van der Waals surface area contributed by atoms with Gasteiger partial charge < -0.3 is 24.6 Å². The first-order valence-electron chi connectivity index (χ1n) is 6.98. The molecule has 0 fully saturated rings. The van der Waals surface area contributed by atoms with E-state index in [9.17, 15) is 5.11 Å². The Hall–Kier alpha value is -1.46. The van der Waals surface area contributed by atoms with Gasteiger partial charge in [0.15, 0.2) is 11.5 Å². The standard InChI is InChI=1S/C15H23NO4/c1-9(2)16-7-12-5-14-15(19-8-18-14)6-13(12)20-11(4)10(3)17/h5-6,9-11,16-17H,7-8H2,1-4H3. The largest absolute Gasteiger partial charge is 0.488 e. The van der Waals surface area contributed by atoms with Crippen LogP contribution in [0.4, 0.5) is 0 Å². The Balaban J connectivity index is 2.22. The maximum atomic E-state index is 9.59. The minimum atomic E-state index is -0.536. The highest BCUT2D eigenvalue weighted by Gasteiger charge is 2.20. The maximum absolute atomic E-state index is 9.59. The number of nitrogens with one attached hydrogen (secondary N) is 1. The molecule has 0 aliphatic carbocycles. The number of aliphatic hydroxyl groups is 1. The molecule has 1 aliphatic heterocycles. The molecule has 5 heteroatoms. The summed E-state index contributed by atoms with van der Waals surface area (Å²) in [5, 5.41) is 12.9. The van der Waals surface area contributed by atoms with Gasteiger partial charge in [-0.25, -0.2) is 0 Å². The lowest BCUT2D eigenvalue weighted by Crippen LogP contribution is -2.27. The minimum absolute atomic E-state index is 0.238. The Morgan fingerprint density at radius 2 is 1.85 bits per heavy atom. The van der Waals surface area contributed by atoms with E-state index < -0.39 is 6.10 Å². The van der Waals surface area contributed by atoms with E-state index in [1.54, 1.807) is 6.92 Å². The van der Waals surface area contributed by atoms with E-state index in [0.717, 1.165) is 17.1 Å². The van der Waals surface area contributed by atoms with Gasteiger partial charge in [0, 0.05) is 24.2 Å². The van der Waals surface area contributed by atoms with Crippen LogP contribution in [-0.2, 0) is 6.54 Å². The average molecular weight is 281 g/mol. The van der Waals surface area contributed by atoms with Crippen molar-refractivity contribution in [1.82, 2.24) is 5.32 Å². The van der Waals surface area contributed by atoms with Gasteiger partial charge in [-0.2, -0.15) is 0 Å². The zero-order chi connectivity index (χ0) is 14.7. The Kier molecular flexibility index (Phi) is 4.73. The van der Waals surface area contributed by atoms with Crippen molar-refractivity contribution in [3.63, 3.8) is 0 Å². The summed E-state index contributed by atoms with van der Waals surface area (Å²) < 4.78 is 16.6. The molecule has 0 amide bonds. The Labute approximate surface area is 119 Å². The monoisotopic (exact) mass is 281 g/mol. The van der Waals surface area contributed by atoms with Crippen LogP contribution in [0.15, 0.2) is 12.1 Å². The molecule has 0 aromatic heterocycles. The highest BCUT2D eigenvalue weighted by Crippen LogP contribution is 2.38. The lowest BCUT2D eigenvalue weighted by Gasteiger charge is -2.20. The van der Waals surface area contributed by atoms with E-state index in [4.69, 9.17) is 14.2 Å². The summed E-state index contributed by atoms with van der Waals surface area (Å²) in [6.07, 6.45) is -0.820. The van der Waals surface area contributed by atoms with Crippen molar-refractivity contribution in [3.05, 3.63) is 17.7 Å². The lowest BCUT2D eigenvalue weighted by molar-refractivity contribution is 0.0596. The summed E-state index contributed by atoms with van der Waals surface area (Å²) >= 11 is 0. The molecule has 5 nitrogen and oxygen atoms in total. The van der Waals surface area contributed by atoms with Crippen LogP contribution in [0.5, 0.6) is 17.2 Å². The Bertz CT molecular complexity index is 459. The zero-order valence-electron chi connectivity index (χ0n) is 12.5. The molecule has 1 aromatic carbocycles. The molecule has 0 saturated heterocycles. The fourth-order valence-electron chi connectivity index (χ4n) is 1.83. The van der Waals surface area contributed by atoms with Crippen LogP contribution in [0, 0.1) is 0 Å². The van der Waals surface area contributed by atoms with Crippen LogP contribution >= 0.6 is 0 Å². The van der Waals surface area contributed by atoms with Crippen molar-refractivity contribution < 1.29 is 19.3 Å². The molecule has 1 heterocycles. The van der Waals surface area contributed by atoms with Crippen molar-refractivity contribution in [2.75, 3.05) is 6.79 Å². The number of rotatable bonds is 6. The van der Waals surface area contributed by atoms with Gasteiger partial charge in [0.2, 0.25) is 6.79 Å². The first kappa shape index (κ1) is 14.9. The number of benzene rings is 1. The first-order chi connectivity index (χ1) is 9.47. The highest BCUT2D eigenvalue weighted by atomic mass is 16.7. The minimum Gasteiger partial charge on any atom is -0.488 e. The number of aliphatic hydroxyl groups excluding tert-OH is 1. The molecule has 2 rings (SSSR count). The van der Waals surface area contributed by atoms with Crippen molar-refractivity contribution in [2.24, 2.45) is 0 Å². The van der Waals surface area contributed by atoms with E-state index in [1.807, 2.05) is 19.1 Å². The molecular formula is C15H23NO4. The van der Waals surface area contributed by atoms with Crippen LogP contribution in [0.1, 0.15) is 33.3 Å². The molecular weight excluding hydrogens is 258 g/mol. The van der Waals surface area contributed by atoms with Crippen molar-refractivity contribution in [3.8, 4) is 17.2 Å². The van der Waals surface area contributed by atoms with Gasteiger partial charge in [0.25, 0.3) is 0 Å². The second kappa shape index (κ2) is 6.33. The first-order valence-corrected chi connectivity index (χ1v) is 6.98. The topological polar surface area (TPSA) is 60.0 Å². The number of ether oxygens (including phenoxy) is 3. The highest BCUT2D eigenvalue weighted by molar-refractivity contribution is 5.52. The molecule has 1 aromatic rings. The number of fused-ring (bicyclic) bond motifs is 1. The van der Waals surface area contributed by atoms with E-state index in [0.29, 0.717) is 18.3 Å². The number of hydrogen-bond donors (Lipinski definition) is 2. The quantitative estimate of drug-likeness (QED) is 0.836. The van der Waals surface area contributed by atoms with E-state index in [1.165, 1.54) is 0 Å². The summed E-state index contributed by atoms with van der Waals surface area (Å²) in [5.41, 5.74) is 0.996. The van der Waals surface area contributed by atoms with Gasteiger partial charge in [0.1, 0.15) is 11.9 Å². The second-order valence-corrected chi connectivity index (χ2v) is 5.41. The molecule has 112 valence electrons. The van der Waals surface area contributed by atoms with Crippen molar-refractivity contribution in [1.29, 1.82) is 0 Å². The molecule has 1 aliphatic rings. The molecule has 2 unspecified atom stereocenters. The predicted molar refractivity (Wildman–Crippen MR) is 76.3 cm³/mol. The second-order valence-electron chi connectivity index (χ2n) is 5.41. The summed E-state index contributed by atoms with van der Waals surface area (Å²) in [7, 11) is 0. The molecule has 0 saturated carbocycles. The van der Waals surface area contributed by atoms with Crippen LogP contribution in [0.25, 0.3) is 0 Å². The molecule has 0 spiro atoms. The SMILES string of the molecule is CC(C)NCc1cc2c(cc1OC(C)C(C)O)OCO2. The third kappa shape index (κ3) is 3.55. The molecule has 0 radical (unpaired) electrons. The summed E-state index contributed by atoms with van der Waals surface area (Å²) in [6.45, 7) is 8.65. The van der Waals surface area contributed by atoms with E-state index in [2.05, 4.69) is 19.2 Å². The summed E-state index contributed by atoms with van der Waals surface area (Å²) in [4.78, 5) is 0. The van der Waals surface area contributed by atoms with Gasteiger partial charge >= 0.3 is 0 Å². The molecule has 20 heavy (non-hydrogen) atoms. The van der Waals surface area contributed by atoms with Crippen molar-refractivity contribution >= 4 is 0 Å². The summed E-state index contributed by atoms with van der Waals surface area (Å²) in [5.74, 6) is 2.14. The molecule has 0 bridgehead atoms.